The first-order chi connectivity index (χ1) is 9.65. The SMILES string of the molecule is COc1cc(C(=O)Nc2ccc3sc(C)nc3c2)on1. The topological polar surface area (TPSA) is 77.2 Å². The highest BCUT2D eigenvalue weighted by Gasteiger charge is 2.14. The van der Waals surface area contributed by atoms with Crippen molar-refractivity contribution in [3.8, 4) is 5.88 Å². The first-order valence-electron chi connectivity index (χ1n) is 5.85. The molecule has 0 aliphatic heterocycles. The third-order valence-corrected chi connectivity index (χ3v) is 3.63. The van der Waals surface area contributed by atoms with Crippen molar-refractivity contribution < 1.29 is 14.1 Å². The van der Waals surface area contributed by atoms with E-state index in [1.807, 2.05) is 25.1 Å². The molecular weight excluding hydrogens is 278 g/mol. The third kappa shape index (κ3) is 2.35. The molecule has 0 aliphatic rings. The third-order valence-electron chi connectivity index (χ3n) is 2.67. The van der Waals surface area contributed by atoms with Gasteiger partial charge in [0.1, 0.15) is 0 Å². The highest BCUT2D eigenvalue weighted by Crippen LogP contribution is 2.24. The Labute approximate surface area is 118 Å². The lowest BCUT2D eigenvalue weighted by Gasteiger charge is -2.01. The molecule has 1 amide bonds. The number of carbonyl (C=O) groups excluding carboxylic acids is 1. The summed E-state index contributed by atoms with van der Waals surface area (Å²) in [6.07, 6.45) is 0. The first kappa shape index (κ1) is 12.6. The number of benzene rings is 1. The molecule has 0 atom stereocenters. The van der Waals surface area contributed by atoms with Gasteiger partial charge in [0.05, 0.1) is 28.4 Å². The normalized spacial score (nSPS) is 10.7. The second kappa shape index (κ2) is 4.93. The maximum atomic E-state index is 12.0. The Kier molecular flexibility index (Phi) is 3.11. The van der Waals surface area contributed by atoms with Crippen LogP contribution < -0.4 is 10.1 Å². The molecule has 3 rings (SSSR count). The summed E-state index contributed by atoms with van der Waals surface area (Å²) in [6.45, 7) is 1.95. The zero-order chi connectivity index (χ0) is 14.1. The summed E-state index contributed by atoms with van der Waals surface area (Å²) < 4.78 is 10.8. The van der Waals surface area contributed by atoms with Crippen molar-refractivity contribution in [1.82, 2.24) is 10.1 Å². The number of fused-ring (bicyclic) bond motifs is 1. The number of ether oxygens (including phenoxy) is 1. The number of amides is 1. The van der Waals surface area contributed by atoms with Crippen LogP contribution in [-0.4, -0.2) is 23.2 Å². The number of anilines is 1. The number of thiazole rings is 1. The molecule has 0 saturated carbocycles. The van der Waals surface area contributed by atoms with Crippen LogP contribution in [0.2, 0.25) is 0 Å². The van der Waals surface area contributed by atoms with E-state index in [1.54, 1.807) is 11.3 Å². The van der Waals surface area contributed by atoms with Crippen LogP contribution in [0.4, 0.5) is 5.69 Å². The van der Waals surface area contributed by atoms with Crippen LogP contribution >= 0.6 is 11.3 Å². The molecule has 0 unspecified atom stereocenters. The number of aryl methyl sites for hydroxylation is 1. The highest BCUT2D eigenvalue weighted by molar-refractivity contribution is 7.18. The van der Waals surface area contributed by atoms with E-state index in [4.69, 9.17) is 9.26 Å². The Hall–Kier alpha value is -2.41. The second-order valence-corrected chi connectivity index (χ2v) is 5.34. The van der Waals surface area contributed by atoms with E-state index in [2.05, 4.69) is 15.5 Å². The fourth-order valence-corrected chi connectivity index (χ4v) is 2.58. The molecule has 1 N–H and O–H groups in total. The van der Waals surface area contributed by atoms with Crippen LogP contribution in [0, 0.1) is 6.92 Å². The molecule has 0 aliphatic carbocycles. The van der Waals surface area contributed by atoms with Crippen molar-refractivity contribution in [2.24, 2.45) is 0 Å². The van der Waals surface area contributed by atoms with Crippen molar-refractivity contribution in [3.63, 3.8) is 0 Å². The van der Waals surface area contributed by atoms with Gasteiger partial charge in [-0.05, 0) is 30.3 Å². The van der Waals surface area contributed by atoms with Gasteiger partial charge < -0.3 is 14.6 Å². The number of rotatable bonds is 3. The molecule has 0 spiro atoms. The largest absolute Gasteiger partial charge is 0.479 e. The molecule has 6 nitrogen and oxygen atoms in total. The number of hydrogen-bond acceptors (Lipinski definition) is 6. The molecule has 3 aromatic rings. The van der Waals surface area contributed by atoms with E-state index in [-0.39, 0.29) is 17.5 Å². The van der Waals surface area contributed by atoms with Gasteiger partial charge in [-0.15, -0.1) is 11.3 Å². The number of hydrogen-bond donors (Lipinski definition) is 1. The summed E-state index contributed by atoms with van der Waals surface area (Å²) in [5.74, 6) is -0.0239. The summed E-state index contributed by atoms with van der Waals surface area (Å²) in [7, 11) is 1.46. The van der Waals surface area contributed by atoms with Gasteiger partial charge in [0.15, 0.2) is 0 Å². The van der Waals surface area contributed by atoms with Gasteiger partial charge in [-0.3, -0.25) is 4.79 Å². The molecule has 20 heavy (non-hydrogen) atoms. The molecule has 1 aromatic carbocycles. The van der Waals surface area contributed by atoms with E-state index in [0.717, 1.165) is 15.2 Å². The monoisotopic (exact) mass is 289 g/mol. The second-order valence-electron chi connectivity index (χ2n) is 4.10. The summed E-state index contributed by atoms with van der Waals surface area (Å²) in [6, 6.07) is 7.01. The molecule has 0 saturated heterocycles. The maximum absolute atomic E-state index is 12.0. The minimum absolute atomic E-state index is 0.0939. The van der Waals surface area contributed by atoms with Crippen molar-refractivity contribution >= 4 is 33.1 Å². The van der Waals surface area contributed by atoms with Crippen molar-refractivity contribution in [2.75, 3.05) is 12.4 Å². The summed E-state index contributed by atoms with van der Waals surface area (Å²) in [5.41, 5.74) is 1.52. The predicted molar refractivity (Wildman–Crippen MR) is 75.4 cm³/mol. The van der Waals surface area contributed by atoms with Gasteiger partial charge >= 0.3 is 0 Å². The van der Waals surface area contributed by atoms with E-state index in [0.29, 0.717) is 5.69 Å². The average molecular weight is 289 g/mol. The Balaban J connectivity index is 1.82. The molecule has 2 heterocycles. The predicted octanol–water partition coefficient (Wildman–Crippen LogP) is 2.85. The molecule has 2 aromatic heterocycles. The standard InChI is InChI=1S/C13H11N3O3S/c1-7-14-9-5-8(3-4-11(9)20-7)15-13(17)10-6-12(18-2)16-19-10/h3-6H,1-2H3,(H,15,17). The molecule has 7 heteroatoms. The summed E-state index contributed by atoms with van der Waals surface area (Å²) in [4.78, 5) is 16.3. The Morgan fingerprint density at radius 2 is 2.25 bits per heavy atom. The Morgan fingerprint density at radius 1 is 1.40 bits per heavy atom. The fourth-order valence-electron chi connectivity index (χ4n) is 1.78. The van der Waals surface area contributed by atoms with Crippen LogP contribution in [0.15, 0.2) is 28.8 Å². The van der Waals surface area contributed by atoms with E-state index in [1.165, 1.54) is 13.2 Å². The Bertz CT molecular complexity index is 778. The average Bonchev–Trinajstić information content (AvgIpc) is 3.03. The fraction of sp³-hybridized carbons (Fsp3) is 0.154. The van der Waals surface area contributed by atoms with Crippen molar-refractivity contribution in [1.29, 1.82) is 0 Å². The molecular formula is C13H11N3O3S. The molecule has 0 bridgehead atoms. The maximum Gasteiger partial charge on any atom is 0.294 e. The van der Waals surface area contributed by atoms with E-state index < -0.39 is 0 Å². The van der Waals surface area contributed by atoms with Gasteiger partial charge in [0.2, 0.25) is 5.76 Å². The number of carbonyl (C=O) groups is 1. The number of aromatic nitrogens is 2. The van der Waals surface area contributed by atoms with Crippen molar-refractivity contribution in [2.45, 2.75) is 6.92 Å². The summed E-state index contributed by atoms with van der Waals surface area (Å²) >= 11 is 1.61. The van der Waals surface area contributed by atoms with Gasteiger partial charge in [0, 0.05) is 5.69 Å². The highest BCUT2D eigenvalue weighted by atomic mass is 32.1. The van der Waals surface area contributed by atoms with Gasteiger partial charge in [-0.2, -0.15) is 0 Å². The number of methoxy groups -OCH3 is 1. The zero-order valence-electron chi connectivity index (χ0n) is 10.8. The van der Waals surface area contributed by atoms with Crippen LogP contribution in [0.3, 0.4) is 0 Å². The van der Waals surface area contributed by atoms with Crippen molar-refractivity contribution in [3.05, 3.63) is 35.0 Å². The lowest BCUT2D eigenvalue weighted by atomic mass is 10.3. The van der Waals surface area contributed by atoms with Gasteiger partial charge in [-0.1, -0.05) is 0 Å². The quantitative estimate of drug-likeness (QED) is 0.802. The molecule has 0 radical (unpaired) electrons. The number of nitrogens with one attached hydrogen (secondary N) is 1. The lowest BCUT2D eigenvalue weighted by Crippen LogP contribution is -2.10. The van der Waals surface area contributed by atoms with E-state index >= 15 is 0 Å². The summed E-state index contributed by atoms with van der Waals surface area (Å²) in [5, 5.41) is 7.30. The van der Waals surface area contributed by atoms with Crippen LogP contribution in [0.25, 0.3) is 10.2 Å². The van der Waals surface area contributed by atoms with Gasteiger partial charge in [-0.25, -0.2) is 4.98 Å². The molecule has 0 fully saturated rings. The Morgan fingerprint density at radius 3 is 3.00 bits per heavy atom. The zero-order valence-corrected chi connectivity index (χ0v) is 11.7. The number of nitrogens with zero attached hydrogens (tertiary/aromatic N) is 2. The first-order valence-corrected chi connectivity index (χ1v) is 6.66. The van der Waals surface area contributed by atoms with Crippen LogP contribution in [0.5, 0.6) is 5.88 Å². The smallest absolute Gasteiger partial charge is 0.294 e. The van der Waals surface area contributed by atoms with Gasteiger partial charge in [0.25, 0.3) is 11.8 Å². The lowest BCUT2D eigenvalue weighted by molar-refractivity contribution is 0.0987. The minimum Gasteiger partial charge on any atom is -0.479 e. The van der Waals surface area contributed by atoms with Crippen LogP contribution in [-0.2, 0) is 0 Å². The van der Waals surface area contributed by atoms with Crippen LogP contribution in [0.1, 0.15) is 15.6 Å². The molecule has 102 valence electrons. The minimum atomic E-state index is -0.382. The van der Waals surface area contributed by atoms with E-state index in [9.17, 15) is 4.79 Å².